The molecule has 0 aliphatic heterocycles. The van der Waals surface area contributed by atoms with Crippen molar-refractivity contribution in [2.45, 2.75) is 0 Å². The average molecular weight is 153 g/mol. The molecule has 0 saturated heterocycles. The zero-order valence-corrected chi connectivity index (χ0v) is 6.90. The molecule has 0 saturated carbocycles. The van der Waals surface area contributed by atoms with E-state index in [-0.39, 0.29) is 0 Å². The minimum atomic E-state index is 0.995. The molecule has 1 aromatic rings. The first-order chi connectivity index (χ1) is 4.84. The second-order valence-corrected chi connectivity index (χ2v) is 2.96. The van der Waals surface area contributed by atoms with Crippen LogP contribution in [-0.2, 0) is 0 Å². The number of aromatic nitrogens is 1. The maximum Gasteiger partial charge on any atom is 0.0332 e. The molecule has 0 atom stereocenters. The highest BCUT2D eigenvalue weighted by Crippen LogP contribution is 2.07. The summed E-state index contributed by atoms with van der Waals surface area (Å²) in [6.07, 6.45) is 6.10. The Labute approximate surface area is 65.7 Å². The Morgan fingerprint density at radius 2 is 2.10 bits per heavy atom. The van der Waals surface area contributed by atoms with E-state index in [0.29, 0.717) is 0 Å². The average Bonchev–Trinajstić information content (AvgIpc) is 2.38. The van der Waals surface area contributed by atoms with Crippen LogP contribution >= 0.6 is 11.8 Å². The van der Waals surface area contributed by atoms with Gasteiger partial charge >= 0.3 is 0 Å². The van der Waals surface area contributed by atoms with Crippen LogP contribution in [0.3, 0.4) is 0 Å². The van der Waals surface area contributed by atoms with E-state index in [2.05, 4.69) is 12.8 Å². The summed E-state index contributed by atoms with van der Waals surface area (Å²) in [5, 5.41) is 0. The third kappa shape index (κ3) is 1.67. The van der Waals surface area contributed by atoms with Crippen LogP contribution in [0, 0.1) is 0 Å². The van der Waals surface area contributed by atoms with Crippen molar-refractivity contribution in [1.82, 2.24) is 4.57 Å². The van der Waals surface area contributed by atoms with E-state index in [4.69, 9.17) is 0 Å². The van der Waals surface area contributed by atoms with Crippen molar-refractivity contribution in [2.75, 3.05) is 12.0 Å². The van der Waals surface area contributed by atoms with Crippen molar-refractivity contribution in [2.24, 2.45) is 0 Å². The van der Waals surface area contributed by atoms with Crippen LogP contribution in [0.5, 0.6) is 0 Å². The highest BCUT2D eigenvalue weighted by molar-refractivity contribution is 7.98. The quantitative estimate of drug-likeness (QED) is 0.645. The fraction of sp³-hybridized carbons (Fsp3) is 0.250. The molecule has 54 valence electrons. The molecular formula is C8H11NS. The van der Waals surface area contributed by atoms with Gasteiger partial charge in [-0.1, -0.05) is 6.58 Å². The van der Waals surface area contributed by atoms with Crippen LogP contribution in [0.4, 0.5) is 0 Å². The van der Waals surface area contributed by atoms with E-state index in [1.165, 1.54) is 0 Å². The molecular weight excluding hydrogens is 142 g/mol. The molecule has 0 N–H and O–H groups in total. The van der Waals surface area contributed by atoms with Gasteiger partial charge in [0.05, 0.1) is 0 Å². The lowest BCUT2D eigenvalue weighted by Gasteiger charge is -2.03. The van der Waals surface area contributed by atoms with Crippen LogP contribution in [-0.4, -0.2) is 16.6 Å². The maximum absolute atomic E-state index is 3.93. The molecule has 0 bridgehead atoms. The van der Waals surface area contributed by atoms with Crippen LogP contribution in [0.15, 0.2) is 31.1 Å². The van der Waals surface area contributed by atoms with Gasteiger partial charge in [0.1, 0.15) is 0 Å². The highest BCUT2D eigenvalue weighted by atomic mass is 32.2. The summed E-state index contributed by atoms with van der Waals surface area (Å²) in [4.78, 5) is 0. The molecule has 0 aliphatic carbocycles. The smallest absolute Gasteiger partial charge is 0.0332 e. The molecule has 0 aromatic carbocycles. The first-order valence-corrected chi connectivity index (χ1v) is 4.54. The van der Waals surface area contributed by atoms with Gasteiger partial charge in [0, 0.05) is 23.8 Å². The van der Waals surface area contributed by atoms with Crippen molar-refractivity contribution < 1.29 is 0 Å². The normalized spacial score (nSPS) is 9.70. The molecule has 1 heterocycles. The van der Waals surface area contributed by atoms with Gasteiger partial charge in [-0.3, -0.25) is 0 Å². The van der Waals surface area contributed by atoms with Gasteiger partial charge in [0.2, 0.25) is 0 Å². The zero-order chi connectivity index (χ0) is 7.40. The van der Waals surface area contributed by atoms with Crippen molar-refractivity contribution >= 4 is 17.5 Å². The fourth-order valence-corrected chi connectivity index (χ4v) is 1.27. The number of hydrogen-bond acceptors (Lipinski definition) is 1. The lowest BCUT2D eigenvalue weighted by atomic mass is 10.5. The molecule has 2 heteroatoms. The SMILES string of the molecule is C=C(CSC)n1cccc1. The van der Waals surface area contributed by atoms with E-state index in [1.54, 1.807) is 11.8 Å². The predicted molar refractivity (Wildman–Crippen MR) is 48.1 cm³/mol. The van der Waals surface area contributed by atoms with Crippen molar-refractivity contribution in [3.8, 4) is 0 Å². The summed E-state index contributed by atoms with van der Waals surface area (Å²) in [6, 6.07) is 4.01. The molecule has 1 aromatic heterocycles. The van der Waals surface area contributed by atoms with E-state index in [0.717, 1.165) is 11.4 Å². The molecule has 0 amide bonds. The van der Waals surface area contributed by atoms with Gasteiger partial charge in [-0.05, 0) is 18.4 Å². The number of nitrogens with zero attached hydrogens (tertiary/aromatic N) is 1. The Morgan fingerprint density at radius 1 is 1.50 bits per heavy atom. The van der Waals surface area contributed by atoms with Gasteiger partial charge < -0.3 is 4.57 Å². The maximum atomic E-state index is 3.93. The third-order valence-electron chi connectivity index (χ3n) is 1.28. The van der Waals surface area contributed by atoms with E-state index in [1.807, 2.05) is 29.1 Å². The van der Waals surface area contributed by atoms with Gasteiger partial charge in [0.25, 0.3) is 0 Å². The molecule has 1 rings (SSSR count). The predicted octanol–water partition coefficient (Wildman–Crippen LogP) is 2.32. The van der Waals surface area contributed by atoms with Gasteiger partial charge in [-0.15, -0.1) is 0 Å². The van der Waals surface area contributed by atoms with Crippen LogP contribution in [0.1, 0.15) is 0 Å². The summed E-state index contributed by atoms with van der Waals surface area (Å²) in [7, 11) is 0. The van der Waals surface area contributed by atoms with Crippen molar-refractivity contribution in [3.05, 3.63) is 31.1 Å². The first-order valence-electron chi connectivity index (χ1n) is 3.14. The first kappa shape index (κ1) is 7.48. The Bertz CT molecular complexity index is 201. The summed E-state index contributed by atoms with van der Waals surface area (Å²) >= 11 is 1.79. The number of hydrogen-bond donors (Lipinski definition) is 0. The molecule has 0 fully saturated rings. The topological polar surface area (TPSA) is 4.93 Å². The summed E-state index contributed by atoms with van der Waals surface area (Å²) < 4.78 is 2.04. The van der Waals surface area contributed by atoms with Crippen molar-refractivity contribution in [1.29, 1.82) is 0 Å². The van der Waals surface area contributed by atoms with Gasteiger partial charge in [-0.25, -0.2) is 0 Å². The second kappa shape index (κ2) is 3.52. The molecule has 0 radical (unpaired) electrons. The third-order valence-corrected chi connectivity index (χ3v) is 1.90. The summed E-state index contributed by atoms with van der Waals surface area (Å²) in [5.74, 6) is 0.995. The highest BCUT2D eigenvalue weighted by Gasteiger charge is 1.91. The Hall–Kier alpha value is -0.630. The monoisotopic (exact) mass is 153 g/mol. The molecule has 10 heavy (non-hydrogen) atoms. The molecule has 0 aliphatic rings. The number of thioether (sulfide) groups is 1. The summed E-state index contributed by atoms with van der Waals surface area (Å²) in [6.45, 7) is 3.93. The van der Waals surface area contributed by atoms with E-state index < -0.39 is 0 Å². The molecule has 0 unspecified atom stereocenters. The number of rotatable bonds is 3. The van der Waals surface area contributed by atoms with E-state index >= 15 is 0 Å². The van der Waals surface area contributed by atoms with Gasteiger partial charge in [0.15, 0.2) is 0 Å². The lowest BCUT2D eigenvalue weighted by Crippen LogP contribution is -1.93. The largest absolute Gasteiger partial charge is 0.327 e. The standard InChI is InChI=1S/C8H11NS/c1-8(7-10-2)9-5-3-4-6-9/h3-6H,1,7H2,2H3. The molecule has 1 nitrogen and oxygen atoms in total. The lowest BCUT2D eigenvalue weighted by molar-refractivity contribution is 1.11. The Balaban J connectivity index is 2.59. The summed E-state index contributed by atoms with van der Waals surface area (Å²) in [5.41, 5.74) is 1.14. The van der Waals surface area contributed by atoms with E-state index in [9.17, 15) is 0 Å². The minimum Gasteiger partial charge on any atom is -0.327 e. The fourth-order valence-electron chi connectivity index (χ4n) is 0.786. The zero-order valence-electron chi connectivity index (χ0n) is 6.08. The van der Waals surface area contributed by atoms with Crippen LogP contribution in [0.25, 0.3) is 5.70 Å². The Morgan fingerprint density at radius 3 is 2.60 bits per heavy atom. The minimum absolute atomic E-state index is 0.995. The second-order valence-electron chi connectivity index (χ2n) is 2.09. The van der Waals surface area contributed by atoms with Crippen LogP contribution < -0.4 is 0 Å². The molecule has 0 spiro atoms. The Kier molecular flexibility index (Phi) is 2.63. The van der Waals surface area contributed by atoms with Crippen molar-refractivity contribution in [3.63, 3.8) is 0 Å². The van der Waals surface area contributed by atoms with Crippen LogP contribution in [0.2, 0.25) is 0 Å². The van der Waals surface area contributed by atoms with Gasteiger partial charge in [-0.2, -0.15) is 11.8 Å².